The minimum atomic E-state index is -0.766. The van der Waals surface area contributed by atoms with E-state index >= 15 is 0 Å². The zero-order valence-corrected chi connectivity index (χ0v) is 23.2. The standard InChI is InChI=1S/C28H31N5O6S/c1-10-4-12-5-14-15(6-29)33-16-7-31-28(37)13(30)8-40-27(21(33)20(32(14)3)17(12)24(36)22(10)34)19-18(16)26-25(38-9-39-26)11(2)23(19)35/h4,13-16,20-21,27,34-36H,5,7-9,30H2,1-3H3,(H,31,37)/t13?,14?,15-,16-,20?,21?,27+/m0/s1. The van der Waals surface area contributed by atoms with E-state index in [4.69, 9.17) is 15.2 Å². The van der Waals surface area contributed by atoms with E-state index in [2.05, 4.69) is 21.2 Å². The van der Waals surface area contributed by atoms with Gasteiger partial charge in [-0.15, -0.1) is 11.8 Å². The molecule has 0 radical (unpaired) electrons. The van der Waals surface area contributed by atoms with Crippen LogP contribution in [-0.2, 0) is 11.2 Å². The van der Waals surface area contributed by atoms with E-state index in [-0.39, 0.29) is 48.3 Å². The summed E-state index contributed by atoms with van der Waals surface area (Å²) in [6.45, 7) is 3.69. The SMILES string of the molecule is Cc1cc2c(c(O)c1O)C1C3[C@@H]4SCC(N)C(=O)NC[C@@H](c5c6c(c(C)c(O)c54)OCO6)N3[C@@H](C#N)C(C2)N1C. The second-order valence-electron chi connectivity index (χ2n) is 11.3. The smallest absolute Gasteiger partial charge is 0.237 e. The summed E-state index contributed by atoms with van der Waals surface area (Å²) < 4.78 is 11.8. The summed E-state index contributed by atoms with van der Waals surface area (Å²) in [5, 5.41) is 47.0. The number of aryl methyl sites for hydroxylation is 1. The Balaban J connectivity index is 1.54. The van der Waals surface area contributed by atoms with Crippen molar-refractivity contribution in [3.63, 3.8) is 0 Å². The van der Waals surface area contributed by atoms with Crippen molar-refractivity contribution < 1.29 is 29.6 Å². The number of nitrogens with two attached hydrogens (primary N) is 1. The van der Waals surface area contributed by atoms with Gasteiger partial charge < -0.3 is 35.8 Å². The number of carbonyl (C=O) groups is 1. The molecule has 40 heavy (non-hydrogen) atoms. The van der Waals surface area contributed by atoms with E-state index in [0.29, 0.717) is 45.7 Å². The van der Waals surface area contributed by atoms with Gasteiger partial charge in [-0.3, -0.25) is 14.6 Å². The summed E-state index contributed by atoms with van der Waals surface area (Å²) in [7, 11) is 1.95. The Bertz CT molecular complexity index is 1510. The number of nitrogens with zero attached hydrogens (tertiary/aromatic N) is 3. The number of nitrogens with one attached hydrogen (secondary N) is 1. The van der Waals surface area contributed by atoms with Gasteiger partial charge in [-0.05, 0) is 38.4 Å². The Labute approximate surface area is 235 Å². The van der Waals surface area contributed by atoms with Crippen LogP contribution >= 0.6 is 11.8 Å². The van der Waals surface area contributed by atoms with E-state index in [9.17, 15) is 25.4 Å². The van der Waals surface area contributed by atoms with Crippen LogP contribution < -0.4 is 20.5 Å². The number of likely N-dealkylation sites (N-methyl/N-ethyl adjacent to an activating group) is 1. The van der Waals surface area contributed by atoms with Gasteiger partial charge in [0.15, 0.2) is 23.0 Å². The molecular weight excluding hydrogens is 534 g/mol. The number of thioether (sulfide) groups is 1. The average Bonchev–Trinajstić information content (AvgIpc) is 3.42. The maximum Gasteiger partial charge on any atom is 0.237 e. The highest BCUT2D eigenvalue weighted by molar-refractivity contribution is 7.99. The molecule has 7 atom stereocenters. The summed E-state index contributed by atoms with van der Waals surface area (Å²) in [6, 6.07) is 1.51. The molecule has 2 fully saturated rings. The Morgan fingerprint density at radius 3 is 2.62 bits per heavy atom. The Kier molecular flexibility index (Phi) is 5.64. The summed E-state index contributed by atoms with van der Waals surface area (Å²) >= 11 is 1.45. The summed E-state index contributed by atoms with van der Waals surface area (Å²) in [6.07, 6.45) is 0.504. The van der Waals surface area contributed by atoms with Crippen LogP contribution in [0.3, 0.4) is 0 Å². The van der Waals surface area contributed by atoms with Crippen LogP contribution in [0.25, 0.3) is 0 Å². The highest BCUT2D eigenvalue weighted by Crippen LogP contribution is 2.63. The second-order valence-corrected chi connectivity index (χ2v) is 12.5. The van der Waals surface area contributed by atoms with Crippen molar-refractivity contribution in [2.45, 2.75) is 61.8 Å². The zero-order chi connectivity index (χ0) is 28.2. The molecule has 0 aliphatic carbocycles. The number of carbonyl (C=O) groups excluding carboxylic acids is 1. The van der Waals surface area contributed by atoms with Crippen LogP contribution in [0.1, 0.15) is 50.7 Å². The lowest BCUT2D eigenvalue weighted by Gasteiger charge is -2.62. The summed E-state index contributed by atoms with van der Waals surface area (Å²) in [5.74, 6) is 0.753. The van der Waals surface area contributed by atoms with Gasteiger partial charge in [-0.25, -0.2) is 0 Å². The molecule has 0 aromatic heterocycles. The summed E-state index contributed by atoms with van der Waals surface area (Å²) in [5.41, 5.74) is 10.3. The molecule has 7 rings (SSSR count). The highest BCUT2D eigenvalue weighted by atomic mass is 32.2. The number of rotatable bonds is 0. The number of ether oxygens (including phenoxy) is 2. The predicted octanol–water partition coefficient (Wildman–Crippen LogP) is 1.61. The number of amides is 1. The van der Waals surface area contributed by atoms with E-state index < -0.39 is 35.5 Å². The molecule has 0 saturated carbocycles. The van der Waals surface area contributed by atoms with Crippen molar-refractivity contribution in [2.75, 3.05) is 26.1 Å². The molecule has 0 spiro atoms. The number of phenols is 3. The second kappa shape index (κ2) is 8.81. The fraction of sp³-hybridized carbons (Fsp3) is 0.500. The molecule has 5 heterocycles. The molecule has 5 aliphatic heterocycles. The highest BCUT2D eigenvalue weighted by Gasteiger charge is 2.60. The van der Waals surface area contributed by atoms with E-state index in [1.54, 1.807) is 13.8 Å². The van der Waals surface area contributed by atoms with Crippen molar-refractivity contribution in [1.82, 2.24) is 15.1 Å². The van der Waals surface area contributed by atoms with Crippen LogP contribution in [-0.4, -0.2) is 81.3 Å². The quantitative estimate of drug-likeness (QED) is 0.295. The van der Waals surface area contributed by atoms with E-state index in [0.717, 1.165) is 5.56 Å². The molecule has 5 aliphatic rings. The van der Waals surface area contributed by atoms with Gasteiger partial charge in [-0.1, -0.05) is 6.07 Å². The fourth-order valence-corrected chi connectivity index (χ4v) is 9.04. The normalized spacial score (nSPS) is 32.5. The number of fused-ring (bicyclic) bond motifs is 9. The number of nitriles is 1. The van der Waals surface area contributed by atoms with Gasteiger partial charge in [0.2, 0.25) is 12.7 Å². The van der Waals surface area contributed by atoms with E-state index in [1.165, 1.54) is 11.8 Å². The number of hydrogen-bond donors (Lipinski definition) is 5. The van der Waals surface area contributed by atoms with Crippen molar-refractivity contribution in [3.8, 4) is 34.8 Å². The van der Waals surface area contributed by atoms with Crippen LogP contribution in [0.4, 0.5) is 0 Å². The van der Waals surface area contributed by atoms with Gasteiger partial charge in [0.1, 0.15) is 11.8 Å². The summed E-state index contributed by atoms with van der Waals surface area (Å²) in [4.78, 5) is 17.2. The minimum Gasteiger partial charge on any atom is -0.507 e. The maximum atomic E-state index is 12.9. The first kappa shape index (κ1) is 25.6. The van der Waals surface area contributed by atoms with Crippen LogP contribution in [0, 0.1) is 25.2 Å². The lowest BCUT2D eigenvalue weighted by Crippen LogP contribution is -2.69. The third kappa shape index (κ3) is 3.20. The Morgan fingerprint density at radius 2 is 1.88 bits per heavy atom. The molecule has 4 bridgehead atoms. The molecule has 1 amide bonds. The first-order chi connectivity index (χ1) is 19.1. The Morgan fingerprint density at radius 1 is 1.12 bits per heavy atom. The number of benzene rings is 2. The fourth-order valence-electron chi connectivity index (χ4n) is 7.58. The molecule has 2 aromatic rings. The first-order valence-corrected chi connectivity index (χ1v) is 14.4. The van der Waals surface area contributed by atoms with Gasteiger partial charge in [0.25, 0.3) is 0 Å². The molecule has 210 valence electrons. The molecule has 11 nitrogen and oxygen atoms in total. The number of hydrogen-bond acceptors (Lipinski definition) is 11. The molecular formula is C28H31N5O6S. The monoisotopic (exact) mass is 565 g/mol. The Hall–Kier alpha value is -3.37. The molecule has 4 unspecified atom stereocenters. The van der Waals surface area contributed by atoms with Crippen LogP contribution in [0.15, 0.2) is 6.07 Å². The maximum absolute atomic E-state index is 12.9. The minimum absolute atomic E-state index is 0.00675. The van der Waals surface area contributed by atoms with Crippen LogP contribution in [0.5, 0.6) is 28.7 Å². The molecule has 6 N–H and O–H groups in total. The molecule has 12 heteroatoms. The van der Waals surface area contributed by atoms with Gasteiger partial charge in [-0.2, -0.15) is 5.26 Å². The lowest BCUT2D eigenvalue weighted by atomic mass is 9.71. The topological polar surface area (TPSA) is 165 Å². The predicted molar refractivity (Wildman–Crippen MR) is 145 cm³/mol. The van der Waals surface area contributed by atoms with E-state index in [1.807, 2.05) is 13.1 Å². The number of phenolic OH excluding ortho intramolecular Hbond substituents is 3. The number of piperazine rings is 1. The van der Waals surface area contributed by atoms with Crippen LogP contribution in [0.2, 0.25) is 0 Å². The molecule has 2 aromatic carbocycles. The van der Waals surface area contributed by atoms with Crippen molar-refractivity contribution in [1.29, 1.82) is 5.26 Å². The van der Waals surface area contributed by atoms with Gasteiger partial charge >= 0.3 is 0 Å². The third-order valence-corrected chi connectivity index (χ3v) is 10.8. The largest absolute Gasteiger partial charge is 0.507 e. The first-order valence-electron chi connectivity index (χ1n) is 13.4. The van der Waals surface area contributed by atoms with Gasteiger partial charge in [0.05, 0.1) is 29.4 Å². The van der Waals surface area contributed by atoms with Crippen molar-refractivity contribution >= 4 is 17.7 Å². The zero-order valence-electron chi connectivity index (χ0n) is 22.3. The van der Waals surface area contributed by atoms with Crippen molar-refractivity contribution in [3.05, 3.63) is 39.4 Å². The number of aromatic hydroxyl groups is 3. The van der Waals surface area contributed by atoms with Crippen molar-refractivity contribution in [2.24, 2.45) is 5.73 Å². The molecule has 2 saturated heterocycles. The third-order valence-electron chi connectivity index (χ3n) is 9.41. The average molecular weight is 566 g/mol. The lowest BCUT2D eigenvalue weighted by molar-refractivity contribution is -0.123. The van der Waals surface area contributed by atoms with Gasteiger partial charge in [0, 0.05) is 46.6 Å².